The Hall–Kier alpha value is -4.02. The van der Waals surface area contributed by atoms with E-state index in [2.05, 4.69) is 21.0 Å². The van der Waals surface area contributed by atoms with Crippen LogP contribution in [0.15, 0.2) is 66.7 Å². The standard InChI is InChI=1S/C34H43N5O5/c1-35-33(41)28-20-29(34(42)37-27-17-9-11-19-31(27)44-23-25-14-6-3-7-15-25)39(38-28)21-32(40)36-26-16-8-10-18-30(26)43-22-24-12-4-2-5-13-24/h2-7,12-15,20,26-27,30-31H,8-11,16-19,21-23H2,1H3,(H,35,41)(H,36,40)(H,37,42)/t26-,27-,30-,31-/m0/s1. The van der Waals surface area contributed by atoms with E-state index in [0.29, 0.717) is 13.2 Å². The third-order valence-corrected chi connectivity index (χ3v) is 8.45. The Morgan fingerprint density at radius 1 is 0.750 bits per heavy atom. The fourth-order valence-corrected chi connectivity index (χ4v) is 6.07. The van der Waals surface area contributed by atoms with Gasteiger partial charge in [0.1, 0.15) is 12.2 Å². The highest BCUT2D eigenvalue weighted by atomic mass is 16.5. The van der Waals surface area contributed by atoms with Crippen LogP contribution in [0.1, 0.15) is 83.5 Å². The third-order valence-electron chi connectivity index (χ3n) is 8.45. The molecule has 0 saturated heterocycles. The van der Waals surface area contributed by atoms with Crippen LogP contribution >= 0.6 is 0 Å². The van der Waals surface area contributed by atoms with E-state index in [1.807, 2.05) is 60.7 Å². The molecule has 0 aliphatic heterocycles. The summed E-state index contributed by atoms with van der Waals surface area (Å²) in [5.74, 6) is -1.10. The molecule has 0 radical (unpaired) electrons. The molecule has 2 aromatic carbocycles. The highest BCUT2D eigenvalue weighted by Gasteiger charge is 2.31. The number of amides is 3. The number of hydrogen-bond donors (Lipinski definition) is 3. The number of rotatable bonds is 12. The van der Waals surface area contributed by atoms with Gasteiger partial charge in [-0.3, -0.25) is 14.4 Å². The lowest BCUT2D eigenvalue weighted by molar-refractivity contribution is -0.124. The van der Waals surface area contributed by atoms with E-state index in [1.54, 1.807) is 0 Å². The summed E-state index contributed by atoms with van der Waals surface area (Å²) in [5, 5.41) is 13.1. The molecule has 0 bridgehead atoms. The molecule has 0 unspecified atom stereocenters. The van der Waals surface area contributed by atoms with Gasteiger partial charge >= 0.3 is 0 Å². The number of carbonyl (C=O) groups excluding carboxylic acids is 3. The van der Waals surface area contributed by atoms with Crippen LogP contribution in [-0.2, 0) is 34.0 Å². The molecular formula is C34H43N5O5. The van der Waals surface area contributed by atoms with Crippen LogP contribution in [0.2, 0.25) is 0 Å². The van der Waals surface area contributed by atoms with Gasteiger partial charge in [0, 0.05) is 13.1 Å². The van der Waals surface area contributed by atoms with Crippen molar-refractivity contribution in [2.75, 3.05) is 7.05 Å². The number of nitrogens with zero attached hydrogens (tertiary/aromatic N) is 2. The topological polar surface area (TPSA) is 124 Å². The predicted molar refractivity (Wildman–Crippen MR) is 166 cm³/mol. The van der Waals surface area contributed by atoms with E-state index in [-0.39, 0.29) is 54.0 Å². The molecule has 10 heteroatoms. The van der Waals surface area contributed by atoms with Gasteiger partial charge in [0.25, 0.3) is 11.8 Å². The van der Waals surface area contributed by atoms with E-state index in [9.17, 15) is 14.4 Å². The number of nitrogens with one attached hydrogen (secondary N) is 3. The minimum absolute atomic E-state index is 0.0766. The molecule has 3 aromatic rings. The number of hydrogen-bond acceptors (Lipinski definition) is 6. The lowest BCUT2D eigenvalue weighted by Crippen LogP contribution is -2.48. The molecule has 4 atom stereocenters. The lowest BCUT2D eigenvalue weighted by Gasteiger charge is -2.32. The lowest BCUT2D eigenvalue weighted by atomic mass is 9.92. The van der Waals surface area contributed by atoms with Crippen molar-refractivity contribution < 1.29 is 23.9 Å². The smallest absolute Gasteiger partial charge is 0.271 e. The molecule has 234 valence electrons. The van der Waals surface area contributed by atoms with E-state index in [1.165, 1.54) is 17.8 Å². The van der Waals surface area contributed by atoms with Crippen molar-refractivity contribution in [3.63, 3.8) is 0 Å². The van der Waals surface area contributed by atoms with Crippen LogP contribution in [0.4, 0.5) is 0 Å². The number of benzene rings is 2. The van der Waals surface area contributed by atoms with Crippen molar-refractivity contribution in [1.29, 1.82) is 0 Å². The van der Waals surface area contributed by atoms with Gasteiger partial charge in [0.05, 0.1) is 37.5 Å². The first kappa shape index (κ1) is 31.4. The maximum atomic E-state index is 13.6. The Kier molecular flexibility index (Phi) is 11.2. The average molecular weight is 602 g/mol. The van der Waals surface area contributed by atoms with Crippen LogP contribution in [0.25, 0.3) is 0 Å². The Bertz CT molecular complexity index is 1380. The third kappa shape index (κ3) is 8.54. The van der Waals surface area contributed by atoms with Crippen molar-refractivity contribution in [3.05, 3.63) is 89.2 Å². The van der Waals surface area contributed by atoms with Gasteiger partial charge in [-0.15, -0.1) is 0 Å². The summed E-state index contributed by atoms with van der Waals surface area (Å²) in [5.41, 5.74) is 2.40. The fraction of sp³-hybridized carbons (Fsp3) is 0.471. The van der Waals surface area contributed by atoms with Crippen LogP contribution in [0.3, 0.4) is 0 Å². The van der Waals surface area contributed by atoms with E-state index in [0.717, 1.165) is 62.5 Å². The zero-order valence-corrected chi connectivity index (χ0v) is 25.4. The summed E-state index contributed by atoms with van der Waals surface area (Å²) in [4.78, 5) is 39.4. The normalized spacial score (nSPS) is 21.8. The second-order valence-corrected chi connectivity index (χ2v) is 11.6. The van der Waals surface area contributed by atoms with Crippen LogP contribution in [0.5, 0.6) is 0 Å². The second kappa shape index (κ2) is 15.6. The predicted octanol–water partition coefficient (Wildman–Crippen LogP) is 4.14. The van der Waals surface area contributed by atoms with Crippen LogP contribution in [-0.4, -0.2) is 58.8 Å². The second-order valence-electron chi connectivity index (χ2n) is 11.6. The monoisotopic (exact) mass is 601 g/mol. The Morgan fingerprint density at radius 2 is 1.27 bits per heavy atom. The minimum atomic E-state index is -0.429. The molecule has 5 rings (SSSR count). The first-order chi connectivity index (χ1) is 21.5. The maximum absolute atomic E-state index is 13.6. The molecule has 1 aromatic heterocycles. The zero-order valence-electron chi connectivity index (χ0n) is 25.4. The summed E-state index contributed by atoms with van der Waals surface area (Å²) >= 11 is 0. The van der Waals surface area contributed by atoms with Gasteiger partial charge in [0.2, 0.25) is 5.91 Å². The minimum Gasteiger partial charge on any atom is -0.371 e. The first-order valence-corrected chi connectivity index (χ1v) is 15.7. The average Bonchev–Trinajstić information content (AvgIpc) is 3.48. The summed E-state index contributed by atoms with van der Waals surface area (Å²) in [6.07, 6.45) is 7.13. The molecule has 2 aliphatic rings. The highest BCUT2D eigenvalue weighted by Crippen LogP contribution is 2.24. The number of carbonyl (C=O) groups is 3. The number of ether oxygens (including phenoxy) is 2. The molecule has 3 amide bonds. The molecule has 3 N–H and O–H groups in total. The SMILES string of the molecule is CNC(=O)c1cc(C(=O)N[C@H]2CCCC[C@@H]2OCc2ccccc2)n(CC(=O)N[C@H]2CCCC[C@@H]2OCc2ccccc2)n1. The largest absolute Gasteiger partial charge is 0.371 e. The van der Waals surface area contributed by atoms with Gasteiger partial charge in [-0.25, -0.2) is 4.68 Å². The molecule has 44 heavy (non-hydrogen) atoms. The van der Waals surface area contributed by atoms with E-state index >= 15 is 0 Å². The van der Waals surface area contributed by atoms with E-state index in [4.69, 9.17) is 9.47 Å². The van der Waals surface area contributed by atoms with Gasteiger partial charge in [0.15, 0.2) is 5.69 Å². The van der Waals surface area contributed by atoms with Crippen molar-refractivity contribution in [2.24, 2.45) is 0 Å². The van der Waals surface area contributed by atoms with Gasteiger partial charge in [-0.2, -0.15) is 5.10 Å². The fourth-order valence-electron chi connectivity index (χ4n) is 6.07. The Labute approximate surface area is 258 Å². The van der Waals surface area contributed by atoms with Crippen molar-refractivity contribution in [1.82, 2.24) is 25.7 Å². The van der Waals surface area contributed by atoms with Crippen molar-refractivity contribution in [3.8, 4) is 0 Å². The van der Waals surface area contributed by atoms with E-state index < -0.39 is 5.91 Å². The molecular weight excluding hydrogens is 558 g/mol. The molecule has 2 aliphatic carbocycles. The van der Waals surface area contributed by atoms with Gasteiger partial charge in [-0.1, -0.05) is 86.3 Å². The molecule has 2 fully saturated rings. The molecule has 1 heterocycles. The maximum Gasteiger partial charge on any atom is 0.271 e. The Morgan fingerprint density at radius 3 is 1.82 bits per heavy atom. The summed E-state index contributed by atoms with van der Waals surface area (Å²) in [6.45, 7) is 0.752. The zero-order chi connectivity index (χ0) is 30.7. The Balaban J connectivity index is 1.23. The summed E-state index contributed by atoms with van der Waals surface area (Å²) < 4.78 is 13.8. The van der Waals surface area contributed by atoms with Gasteiger partial charge in [-0.05, 0) is 36.8 Å². The number of aromatic nitrogens is 2. The highest BCUT2D eigenvalue weighted by molar-refractivity contribution is 5.98. The quantitative estimate of drug-likeness (QED) is 0.287. The molecule has 2 saturated carbocycles. The first-order valence-electron chi connectivity index (χ1n) is 15.7. The van der Waals surface area contributed by atoms with Crippen LogP contribution < -0.4 is 16.0 Å². The van der Waals surface area contributed by atoms with Crippen molar-refractivity contribution in [2.45, 2.75) is 95.4 Å². The van der Waals surface area contributed by atoms with Crippen molar-refractivity contribution >= 4 is 17.7 Å². The summed E-state index contributed by atoms with van der Waals surface area (Å²) in [6, 6.07) is 21.1. The molecule has 0 spiro atoms. The van der Waals surface area contributed by atoms with Crippen LogP contribution in [0, 0.1) is 0 Å². The summed E-state index contributed by atoms with van der Waals surface area (Å²) in [7, 11) is 1.50. The van der Waals surface area contributed by atoms with Gasteiger partial charge < -0.3 is 25.4 Å². The molecule has 10 nitrogen and oxygen atoms in total.